The van der Waals surface area contributed by atoms with Gasteiger partial charge in [-0.05, 0) is 49.9 Å². The number of hydrogen-bond donors (Lipinski definition) is 0. The van der Waals surface area contributed by atoms with Crippen LogP contribution in [0.25, 0.3) is 0 Å². The number of amides is 2. The molecule has 1 aliphatic carbocycles. The van der Waals surface area contributed by atoms with E-state index < -0.39 is 5.41 Å². The first-order chi connectivity index (χ1) is 12.5. The minimum absolute atomic E-state index is 0.0718. The molecular weight excluding hydrogens is 324 g/mol. The van der Waals surface area contributed by atoms with Gasteiger partial charge in [0.25, 0.3) is 0 Å². The largest absolute Gasteiger partial charge is 0.340 e. The Kier molecular flexibility index (Phi) is 5.12. The lowest BCUT2D eigenvalue weighted by Crippen LogP contribution is -2.45. The highest BCUT2D eigenvalue weighted by atomic mass is 16.2. The predicted molar refractivity (Wildman–Crippen MR) is 104 cm³/mol. The molecule has 1 saturated carbocycles. The van der Waals surface area contributed by atoms with Gasteiger partial charge in [0.15, 0.2) is 0 Å². The first-order valence-corrected chi connectivity index (χ1v) is 9.16. The standard InChI is InChI=1S/C22H26N2O2/c1-4-24(19-12-8-9-17(2)15-19)21(26)22(13-14-22)20(25)23(3)16-18-10-6-5-7-11-18/h5-12,15H,4,13-14,16H2,1-3H3. The van der Waals surface area contributed by atoms with Crippen molar-refractivity contribution in [3.05, 3.63) is 65.7 Å². The summed E-state index contributed by atoms with van der Waals surface area (Å²) in [6.07, 6.45) is 1.26. The molecule has 3 rings (SSSR count). The molecule has 1 aliphatic rings. The van der Waals surface area contributed by atoms with Crippen molar-refractivity contribution < 1.29 is 9.59 Å². The molecule has 0 bridgehead atoms. The molecule has 0 saturated heterocycles. The Hall–Kier alpha value is -2.62. The summed E-state index contributed by atoms with van der Waals surface area (Å²) >= 11 is 0. The summed E-state index contributed by atoms with van der Waals surface area (Å²) in [4.78, 5) is 29.7. The van der Waals surface area contributed by atoms with Crippen LogP contribution in [0.4, 0.5) is 5.69 Å². The molecule has 1 fully saturated rings. The maximum absolute atomic E-state index is 13.2. The summed E-state index contributed by atoms with van der Waals surface area (Å²) in [7, 11) is 1.78. The number of carbonyl (C=O) groups is 2. The number of anilines is 1. The van der Waals surface area contributed by atoms with Gasteiger partial charge in [0, 0.05) is 25.8 Å². The second-order valence-corrected chi connectivity index (χ2v) is 7.12. The number of nitrogens with zero attached hydrogens (tertiary/aromatic N) is 2. The quantitative estimate of drug-likeness (QED) is 0.744. The fourth-order valence-electron chi connectivity index (χ4n) is 3.44. The molecule has 0 heterocycles. The number of benzene rings is 2. The van der Waals surface area contributed by atoms with Gasteiger partial charge in [0.05, 0.1) is 0 Å². The summed E-state index contributed by atoms with van der Waals surface area (Å²) in [5, 5.41) is 0. The third kappa shape index (κ3) is 3.50. The van der Waals surface area contributed by atoms with Crippen LogP contribution in [0.5, 0.6) is 0 Å². The molecule has 0 N–H and O–H groups in total. The topological polar surface area (TPSA) is 40.6 Å². The minimum Gasteiger partial charge on any atom is -0.340 e. The number of rotatable bonds is 6. The molecule has 0 unspecified atom stereocenters. The van der Waals surface area contributed by atoms with E-state index in [4.69, 9.17) is 0 Å². The van der Waals surface area contributed by atoms with Gasteiger partial charge in [0.2, 0.25) is 11.8 Å². The zero-order valence-electron chi connectivity index (χ0n) is 15.7. The molecule has 2 aromatic carbocycles. The van der Waals surface area contributed by atoms with Crippen LogP contribution < -0.4 is 4.90 Å². The smallest absolute Gasteiger partial charge is 0.242 e. The summed E-state index contributed by atoms with van der Waals surface area (Å²) in [6.45, 7) is 5.03. The van der Waals surface area contributed by atoms with Gasteiger partial charge in [-0.1, -0.05) is 42.5 Å². The van der Waals surface area contributed by atoms with Crippen molar-refractivity contribution >= 4 is 17.5 Å². The zero-order valence-corrected chi connectivity index (χ0v) is 15.7. The molecule has 26 heavy (non-hydrogen) atoms. The number of hydrogen-bond acceptors (Lipinski definition) is 2. The van der Waals surface area contributed by atoms with Crippen LogP contribution in [0, 0.1) is 12.3 Å². The molecular formula is C22H26N2O2. The van der Waals surface area contributed by atoms with Crippen LogP contribution in [0.2, 0.25) is 0 Å². The Morgan fingerprint density at radius 1 is 1.00 bits per heavy atom. The van der Waals surface area contributed by atoms with Gasteiger partial charge in [-0.3, -0.25) is 9.59 Å². The summed E-state index contributed by atoms with van der Waals surface area (Å²) in [5.74, 6) is -0.145. The van der Waals surface area contributed by atoms with Crippen molar-refractivity contribution in [3.63, 3.8) is 0 Å². The number of carbonyl (C=O) groups excluding carboxylic acids is 2. The van der Waals surface area contributed by atoms with Crippen molar-refractivity contribution in [2.45, 2.75) is 33.2 Å². The van der Waals surface area contributed by atoms with Crippen LogP contribution in [-0.4, -0.2) is 30.3 Å². The Balaban J connectivity index is 1.78. The lowest BCUT2D eigenvalue weighted by molar-refractivity contribution is -0.142. The van der Waals surface area contributed by atoms with Crippen molar-refractivity contribution in [2.75, 3.05) is 18.5 Å². The number of aryl methyl sites for hydroxylation is 1. The Morgan fingerprint density at radius 2 is 1.69 bits per heavy atom. The average molecular weight is 350 g/mol. The summed E-state index contributed by atoms with van der Waals surface area (Å²) < 4.78 is 0. The molecule has 2 aromatic rings. The molecule has 2 amide bonds. The monoisotopic (exact) mass is 350 g/mol. The highest BCUT2D eigenvalue weighted by Gasteiger charge is 2.59. The van der Waals surface area contributed by atoms with Crippen molar-refractivity contribution in [1.29, 1.82) is 0 Å². The van der Waals surface area contributed by atoms with Gasteiger partial charge in [0.1, 0.15) is 5.41 Å². The predicted octanol–water partition coefficient (Wildman–Crippen LogP) is 3.79. The Bertz CT molecular complexity index is 797. The highest BCUT2D eigenvalue weighted by molar-refractivity contribution is 6.14. The van der Waals surface area contributed by atoms with Crippen molar-refractivity contribution in [3.8, 4) is 0 Å². The van der Waals surface area contributed by atoms with Crippen LogP contribution in [-0.2, 0) is 16.1 Å². The lowest BCUT2D eigenvalue weighted by Gasteiger charge is -2.29. The van der Waals surface area contributed by atoms with E-state index in [1.807, 2.05) is 68.4 Å². The minimum atomic E-state index is -0.886. The molecule has 0 spiro atoms. The van der Waals surface area contributed by atoms with Gasteiger partial charge < -0.3 is 9.80 Å². The average Bonchev–Trinajstić information content (AvgIpc) is 3.44. The first-order valence-electron chi connectivity index (χ1n) is 9.16. The van der Waals surface area contributed by atoms with Gasteiger partial charge in [-0.15, -0.1) is 0 Å². The third-order valence-corrected chi connectivity index (χ3v) is 5.05. The highest BCUT2D eigenvalue weighted by Crippen LogP contribution is 2.49. The van der Waals surface area contributed by atoms with E-state index >= 15 is 0 Å². The van der Waals surface area contributed by atoms with E-state index in [0.717, 1.165) is 16.8 Å². The van der Waals surface area contributed by atoms with Crippen molar-refractivity contribution in [1.82, 2.24) is 4.90 Å². The second-order valence-electron chi connectivity index (χ2n) is 7.12. The van der Waals surface area contributed by atoms with E-state index in [9.17, 15) is 9.59 Å². The van der Waals surface area contributed by atoms with Gasteiger partial charge in [-0.2, -0.15) is 0 Å². The van der Waals surface area contributed by atoms with Gasteiger partial charge >= 0.3 is 0 Å². The van der Waals surface area contributed by atoms with Crippen LogP contribution >= 0.6 is 0 Å². The van der Waals surface area contributed by atoms with E-state index in [0.29, 0.717) is 25.9 Å². The molecule has 0 atom stereocenters. The van der Waals surface area contributed by atoms with Crippen LogP contribution in [0.1, 0.15) is 30.9 Å². The summed E-state index contributed by atoms with van der Waals surface area (Å²) in [6, 6.07) is 17.8. The van der Waals surface area contributed by atoms with Gasteiger partial charge in [-0.25, -0.2) is 0 Å². The van der Waals surface area contributed by atoms with Crippen LogP contribution in [0.15, 0.2) is 54.6 Å². The molecule has 0 aliphatic heterocycles. The Morgan fingerprint density at radius 3 is 2.27 bits per heavy atom. The molecule has 4 nitrogen and oxygen atoms in total. The van der Waals surface area contributed by atoms with Crippen molar-refractivity contribution in [2.24, 2.45) is 5.41 Å². The molecule has 4 heteroatoms. The third-order valence-electron chi connectivity index (χ3n) is 5.05. The lowest BCUT2D eigenvalue weighted by atomic mass is 10.0. The second kappa shape index (κ2) is 7.32. The fraction of sp³-hybridized carbons (Fsp3) is 0.364. The van der Waals surface area contributed by atoms with E-state index in [1.54, 1.807) is 16.8 Å². The first kappa shape index (κ1) is 18.2. The summed E-state index contributed by atoms with van der Waals surface area (Å²) in [5.41, 5.74) is 2.15. The zero-order chi connectivity index (χ0) is 18.7. The maximum atomic E-state index is 13.2. The van der Waals surface area contributed by atoms with E-state index in [1.165, 1.54) is 0 Å². The van der Waals surface area contributed by atoms with E-state index in [-0.39, 0.29) is 11.8 Å². The van der Waals surface area contributed by atoms with Crippen LogP contribution in [0.3, 0.4) is 0 Å². The molecule has 136 valence electrons. The Labute approximate surface area is 155 Å². The molecule has 0 aromatic heterocycles. The SMILES string of the molecule is CCN(C(=O)C1(C(=O)N(C)Cc2ccccc2)CC1)c1cccc(C)c1. The molecule has 0 radical (unpaired) electrons. The maximum Gasteiger partial charge on any atom is 0.242 e. The van der Waals surface area contributed by atoms with E-state index in [2.05, 4.69) is 0 Å². The normalized spacial score (nSPS) is 14.6. The fourth-order valence-corrected chi connectivity index (χ4v) is 3.44.